The zero-order valence-electron chi connectivity index (χ0n) is 17.7. The smallest absolute Gasteiger partial charge is 0.234 e. The van der Waals surface area contributed by atoms with Crippen LogP contribution in [0.25, 0.3) is 6.08 Å². The van der Waals surface area contributed by atoms with Gasteiger partial charge in [0.05, 0.1) is 12.6 Å². The fourth-order valence-electron chi connectivity index (χ4n) is 3.62. The molecule has 1 heterocycles. The molecule has 0 saturated carbocycles. The van der Waals surface area contributed by atoms with E-state index in [2.05, 4.69) is 39.4 Å². The van der Waals surface area contributed by atoms with Crippen molar-refractivity contribution in [2.45, 2.75) is 19.4 Å². The molecule has 3 rings (SSSR count). The van der Waals surface area contributed by atoms with Crippen LogP contribution in [-0.4, -0.2) is 66.8 Å². The van der Waals surface area contributed by atoms with Crippen LogP contribution in [0.3, 0.4) is 0 Å². The summed E-state index contributed by atoms with van der Waals surface area (Å²) in [6.45, 7) is 6.38. The molecule has 1 aliphatic rings. The highest BCUT2D eigenvalue weighted by Gasteiger charge is 2.21. The number of benzene rings is 2. The molecule has 158 valence electrons. The quantitative estimate of drug-likeness (QED) is 0.697. The van der Waals surface area contributed by atoms with Crippen molar-refractivity contribution in [3.05, 3.63) is 77.9 Å². The molecule has 0 radical (unpaired) electrons. The van der Waals surface area contributed by atoms with Crippen molar-refractivity contribution in [2.75, 3.05) is 39.3 Å². The number of carbonyl (C=O) groups excluding carboxylic acids is 2. The largest absolute Gasteiger partial charge is 0.345 e. The highest BCUT2D eigenvalue weighted by molar-refractivity contribution is 5.88. The van der Waals surface area contributed by atoms with E-state index in [0.717, 1.165) is 38.3 Å². The predicted molar refractivity (Wildman–Crippen MR) is 121 cm³/mol. The summed E-state index contributed by atoms with van der Waals surface area (Å²) in [7, 11) is 0. The monoisotopic (exact) mass is 405 g/mol. The van der Waals surface area contributed by atoms with Gasteiger partial charge >= 0.3 is 0 Å². The van der Waals surface area contributed by atoms with Crippen molar-refractivity contribution in [3.8, 4) is 0 Å². The molecular formula is C25H31N3O2. The number of carbonyl (C=O) groups is 2. The summed E-state index contributed by atoms with van der Waals surface area (Å²) in [5, 5.41) is 2.92. The molecule has 1 amide bonds. The van der Waals surface area contributed by atoms with E-state index in [4.69, 9.17) is 0 Å². The molecule has 1 fully saturated rings. The maximum Gasteiger partial charge on any atom is 0.234 e. The van der Waals surface area contributed by atoms with Gasteiger partial charge in [-0.2, -0.15) is 0 Å². The van der Waals surface area contributed by atoms with Gasteiger partial charge in [0.25, 0.3) is 0 Å². The Hall–Kier alpha value is -2.76. The van der Waals surface area contributed by atoms with Crippen LogP contribution in [0.15, 0.2) is 66.7 Å². The third-order valence-corrected chi connectivity index (χ3v) is 5.41. The van der Waals surface area contributed by atoms with Gasteiger partial charge in [-0.1, -0.05) is 72.8 Å². The third-order valence-electron chi connectivity index (χ3n) is 5.41. The van der Waals surface area contributed by atoms with Crippen LogP contribution in [0.2, 0.25) is 0 Å². The molecule has 1 saturated heterocycles. The number of ketones is 1. The topological polar surface area (TPSA) is 52.7 Å². The van der Waals surface area contributed by atoms with Crippen molar-refractivity contribution >= 4 is 17.8 Å². The number of nitrogens with zero attached hydrogens (tertiary/aromatic N) is 2. The second-order valence-electron chi connectivity index (χ2n) is 7.81. The van der Waals surface area contributed by atoms with Crippen LogP contribution in [0.4, 0.5) is 0 Å². The maximum absolute atomic E-state index is 12.5. The standard InChI is InChI=1S/C25H31N3O2/c1-21(29)24(19-23-11-6-3-7-12-23)26-25(30)20-28-17-15-27(16-18-28)14-8-13-22-9-4-2-5-10-22/h2-13,24H,14-20H2,1H3,(H,26,30)/b13-8+/t24-/m1/s1. The summed E-state index contributed by atoms with van der Waals surface area (Å²) in [6.07, 6.45) is 4.87. The van der Waals surface area contributed by atoms with Crippen LogP contribution in [0.1, 0.15) is 18.1 Å². The SMILES string of the molecule is CC(=O)[C@@H](Cc1ccccc1)NC(=O)CN1CCN(C/C=C/c2ccccc2)CC1. The van der Waals surface area contributed by atoms with Gasteiger partial charge < -0.3 is 5.32 Å². The molecule has 5 nitrogen and oxygen atoms in total. The van der Waals surface area contributed by atoms with Crippen molar-refractivity contribution in [1.29, 1.82) is 0 Å². The normalized spacial score (nSPS) is 16.4. The number of Topliss-reactive ketones (excluding diaryl/α,β-unsaturated/α-hetero) is 1. The number of hydrogen-bond acceptors (Lipinski definition) is 4. The average molecular weight is 406 g/mol. The van der Waals surface area contributed by atoms with E-state index in [1.165, 1.54) is 12.5 Å². The number of piperazine rings is 1. The molecule has 30 heavy (non-hydrogen) atoms. The Morgan fingerprint density at radius 1 is 0.933 bits per heavy atom. The van der Waals surface area contributed by atoms with Gasteiger partial charge in [0.1, 0.15) is 0 Å². The van der Waals surface area contributed by atoms with Crippen LogP contribution < -0.4 is 5.32 Å². The second kappa shape index (κ2) is 11.4. The Balaban J connectivity index is 1.39. The molecule has 1 atom stereocenters. The Kier molecular flexibility index (Phi) is 8.36. The highest BCUT2D eigenvalue weighted by Crippen LogP contribution is 2.06. The van der Waals surface area contributed by atoms with E-state index in [9.17, 15) is 9.59 Å². The fourth-order valence-corrected chi connectivity index (χ4v) is 3.62. The summed E-state index contributed by atoms with van der Waals surface area (Å²) in [6, 6.07) is 19.6. The molecule has 2 aromatic carbocycles. The first-order valence-corrected chi connectivity index (χ1v) is 10.6. The summed E-state index contributed by atoms with van der Waals surface area (Å²) < 4.78 is 0. The van der Waals surface area contributed by atoms with Gasteiger partial charge in [-0.25, -0.2) is 0 Å². The molecule has 0 aromatic heterocycles. The Morgan fingerprint density at radius 3 is 2.17 bits per heavy atom. The van der Waals surface area contributed by atoms with Gasteiger partial charge in [0.15, 0.2) is 5.78 Å². The Labute approximate surface area is 179 Å². The summed E-state index contributed by atoms with van der Waals surface area (Å²) in [5.74, 6) is -0.0919. The lowest BCUT2D eigenvalue weighted by Gasteiger charge is -2.33. The molecule has 0 bridgehead atoms. The van der Waals surface area contributed by atoms with Crippen LogP contribution >= 0.6 is 0 Å². The zero-order valence-corrected chi connectivity index (χ0v) is 17.7. The maximum atomic E-state index is 12.5. The van der Waals surface area contributed by atoms with Crippen LogP contribution in [-0.2, 0) is 16.0 Å². The van der Waals surface area contributed by atoms with Crippen molar-refractivity contribution in [2.24, 2.45) is 0 Å². The minimum absolute atomic E-state index is 0.0118. The van der Waals surface area contributed by atoms with Crippen LogP contribution in [0, 0.1) is 0 Å². The minimum Gasteiger partial charge on any atom is -0.345 e. The minimum atomic E-state index is -0.468. The summed E-state index contributed by atoms with van der Waals surface area (Å²) in [5.41, 5.74) is 2.26. The molecule has 0 unspecified atom stereocenters. The molecular weight excluding hydrogens is 374 g/mol. The van der Waals surface area contributed by atoms with E-state index in [-0.39, 0.29) is 11.7 Å². The predicted octanol–water partition coefficient (Wildman–Crippen LogP) is 2.63. The Morgan fingerprint density at radius 2 is 1.53 bits per heavy atom. The van der Waals surface area contributed by atoms with Crippen molar-refractivity contribution in [1.82, 2.24) is 15.1 Å². The second-order valence-corrected chi connectivity index (χ2v) is 7.81. The van der Waals surface area contributed by atoms with Gasteiger partial charge in [0, 0.05) is 32.7 Å². The summed E-state index contributed by atoms with van der Waals surface area (Å²) >= 11 is 0. The first-order valence-electron chi connectivity index (χ1n) is 10.6. The molecule has 0 aliphatic carbocycles. The number of nitrogens with one attached hydrogen (secondary N) is 1. The van der Waals surface area contributed by atoms with Crippen LogP contribution in [0.5, 0.6) is 0 Å². The molecule has 0 spiro atoms. The lowest BCUT2D eigenvalue weighted by Crippen LogP contribution is -2.51. The summed E-state index contributed by atoms with van der Waals surface area (Å²) in [4.78, 5) is 29.0. The number of amides is 1. The lowest BCUT2D eigenvalue weighted by atomic mass is 10.0. The molecule has 5 heteroatoms. The number of rotatable bonds is 9. The molecule has 2 aromatic rings. The van der Waals surface area contributed by atoms with E-state index in [1.54, 1.807) is 0 Å². The third kappa shape index (κ3) is 7.25. The van der Waals surface area contributed by atoms with Gasteiger partial charge in [0.2, 0.25) is 5.91 Å². The van der Waals surface area contributed by atoms with Crippen molar-refractivity contribution in [3.63, 3.8) is 0 Å². The molecule has 1 N–H and O–H groups in total. The Bertz CT molecular complexity index is 828. The molecule has 1 aliphatic heterocycles. The first kappa shape index (κ1) is 21.9. The average Bonchev–Trinajstić information content (AvgIpc) is 2.76. The van der Waals surface area contributed by atoms with Gasteiger partial charge in [-0.05, 0) is 24.5 Å². The van der Waals surface area contributed by atoms with E-state index in [0.29, 0.717) is 13.0 Å². The number of hydrogen-bond donors (Lipinski definition) is 1. The highest BCUT2D eigenvalue weighted by atomic mass is 16.2. The van der Waals surface area contributed by atoms with E-state index >= 15 is 0 Å². The van der Waals surface area contributed by atoms with Gasteiger partial charge in [-0.15, -0.1) is 0 Å². The first-order chi connectivity index (χ1) is 14.6. The lowest BCUT2D eigenvalue weighted by molar-refractivity contribution is -0.127. The zero-order chi connectivity index (χ0) is 21.2. The van der Waals surface area contributed by atoms with Crippen molar-refractivity contribution < 1.29 is 9.59 Å². The van der Waals surface area contributed by atoms with E-state index in [1.807, 2.05) is 48.5 Å². The fraction of sp³-hybridized carbons (Fsp3) is 0.360. The van der Waals surface area contributed by atoms with Gasteiger partial charge in [-0.3, -0.25) is 19.4 Å². The van der Waals surface area contributed by atoms with E-state index < -0.39 is 6.04 Å².